The first-order chi connectivity index (χ1) is 12.1. The topological polar surface area (TPSA) is 58.4 Å². The number of nitrogens with zero attached hydrogens (tertiary/aromatic N) is 1. The van der Waals surface area contributed by atoms with Crippen LogP contribution in [0.15, 0.2) is 48.5 Å². The lowest BCUT2D eigenvalue weighted by Crippen LogP contribution is -2.32. The van der Waals surface area contributed by atoms with Crippen LogP contribution < -0.4 is 11.1 Å². The van der Waals surface area contributed by atoms with Crippen LogP contribution in [0.3, 0.4) is 0 Å². The van der Waals surface area contributed by atoms with Crippen molar-refractivity contribution >= 4 is 47.2 Å². The lowest BCUT2D eigenvalue weighted by atomic mass is 9.89. The van der Waals surface area contributed by atoms with Gasteiger partial charge in [0.05, 0.1) is 16.6 Å². The number of nitrogens with two attached hydrogens (primary N) is 1. The monoisotopic (exact) mass is 413 g/mol. The zero-order valence-electron chi connectivity index (χ0n) is 14.2. The zero-order chi connectivity index (χ0) is 17.8. The molecule has 26 heavy (non-hydrogen) atoms. The molecule has 3 rings (SSSR count). The van der Waals surface area contributed by atoms with Gasteiger partial charge in [-0.2, -0.15) is 0 Å². The highest BCUT2D eigenvalue weighted by Crippen LogP contribution is 2.32. The second kappa shape index (κ2) is 9.58. The van der Waals surface area contributed by atoms with Crippen molar-refractivity contribution < 1.29 is 4.79 Å². The molecule has 0 saturated carbocycles. The molecular weight excluding hydrogens is 393 g/mol. The van der Waals surface area contributed by atoms with E-state index in [-0.39, 0.29) is 18.3 Å². The highest BCUT2D eigenvalue weighted by Gasteiger charge is 2.33. The fourth-order valence-electron chi connectivity index (χ4n) is 3.38. The molecule has 0 spiro atoms. The predicted octanol–water partition coefficient (Wildman–Crippen LogP) is 4.03. The minimum absolute atomic E-state index is 0. The lowest BCUT2D eigenvalue weighted by Gasteiger charge is -2.16. The lowest BCUT2D eigenvalue weighted by molar-refractivity contribution is -0.117. The van der Waals surface area contributed by atoms with Gasteiger partial charge < -0.3 is 11.1 Å². The van der Waals surface area contributed by atoms with Crippen LogP contribution in [0.2, 0.25) is 10.0 Å². The van der Waals surface area contributed by atoms with E-state index in [2.05, 4.69) is 22.3 Å². The maximum Gasteiger partial charge on any atom is 0.238 e. The fraction of sp³-hybridized carbons (Fsp3) is 0.316. The summed E-state index contributed by atoms with van der Waals surface area (Å²) in [5.41, 5.74) is 7.88. The maximum atomic E-state index is 12.3. The van der Waals surface area contributed by atoms with Crippen molar-refractivity contribution in [3.05, 3.63) is 64.1 Å². The average Bonchev–Trinajstić information content (AvgIpc) is 3.01. The summed E-state index contributed by atoms with van der Waals surface area (Å²) < 4.78 is 0. The summed E-state index contributed by atoms with van der Waals surface area (Å²) in [5, 5.41) is 3.76. The van der Waals surface area contributed by atoms with Crippen molar-refractivity contribution in [1.82, 2.24) is 4.90 Å². The van der Waals surface area contributed by atoms with Crippen LogP contribution in [0.1, 0.15) is 11.5 Å². The number of hydrogen-bond donors (Lipinski definition) is 2. The smallest absolute Gasteiger partial charge is 0.238 e. The number of benzene rings is 2. The molecule has 0 aliphatic carbocycles. The Hall–Kier alpha value is -1.30. The third kappa shape index (κ3) is 5.12. The maximum absolute atomic E-state index is 12.3. The number of amides is 1. The molecule has 1 aliphatic heterocycles. The van der Waals surface area contributed by atoms with Gasteiger partial charge in [-0.25, -0.2) is 0 Å². The molecule has 1 aliphatic rings. The van der Waals surface area contributed by atoms with Gasteiger partial charge in [0.15, 0.2) is 0 Å². The van der Waals surface area contributed by atoms with Crippen molar-refractivity contribution in [2.24, 2.45) is 11.7 Å². The average molecular weight is 415 g/mol. The Morgan fingerprint density at radius 2 is 1.85 bits per heavy atom. The first-order valence-corrected chi connectivity index (χ1v) is 9.04. The van der Waals surface area contributed by atoms with Crippen LogP contribution in [0, 0.1) is 5.92 Å². The second-order valence-electron chi connectivity index (χ2n) is 6.38. The van der Waals surface area contributed by atoms with E-state index in [4.69, 9.17) is 28.9 Å². The van der Waals surface area contributed by atoms with E-state index in [1.165, 1.54) is 5.56 Å². The molecule has 0 aromatic heterocycles. The van der Waals surface area contributed by atoms with Crippen LogP contribution in [0.5, 0.6) is 0 Å². The molecule has 140 valence electrons. The third-order valence-corrected chi connectivity index (χ3v) is 5.36. The molecule has 3 N–H and O–H groups in total. The molecule has 1 heterocycles. The second-order valence-corrected chi connectivity index (χ2v) is 7.20. The molecule has 1 amide bonds. The van der Waals surface area contributed by atoms with Crippen LogP contribution in [-0.2, 0) is 4.79 Å². The van der Waals surface area contributed by atoms with Crippen LogP contribution >= 0.6 is 35.6 Å². The number of likely N-dealkylation sites (tertiary alicyclic amines) is 1. The van der Waals surface area contributed by atoms with E-state index < -0.39 is 0 Å². The molecule has 0 radical (unpaired) electrons. The highest BCUT2D eigenvalue weighted by molar-refractivity contribution is 6.42. The summed E-state index contributed by atoms with van der Waals surface area (Å²) in [4.78, 5) is 14.5. The first-order valence-electron chi connectivity index (χ1n) is 8.29. The Morgan fingerprint density at radius 1 is 1.12 bits per heavy atom. The minimum atomic E-state index is -0.0668. The van der Waals surface area contributed by atoms with Gasteiger partial charge in [-0.3, -0.25) is 9.69 Å². The zero-order valence-corrected chi connectivity index (χ0v) is 16.5. The number of rotatable bonds is 5. The van der Waals surface area contributed by atoms with Crippen molar-refractivity contribution in [2.45, 2.75) is 5.92 Å². The predicted molar refractivity (Wildman–Crippen MR) is 111 cm³/mol. The molecule has 2 atom stereocenters. The summed E-state index contributed by atoms with van der Waals surface area (Å²) in [6.45, 7) is 2.61. The Morgan fingerprint density at radius 3 is 2.50 bits per heavy atom. The van der Waals surface area contributed by atoms with Crippen molar-refractivity contribution in [1.29, 1.82) is 0 Å². The molecule has 2 aromatic rings. The van der Waals surface area contributed by atoms with Gasteiger partial charge >= 0.3 is 0 Å². The molecule has 7 heteroatoms. The van der Waals surface area contributed by atoms with Crippen LogP contribution in [0.25, 0.3) is 0 Å². The number of nitrogens with one attached hydrogen (secondary N) is 1. The van der Waals surface area contributed by atoms with E-state index in [1.54, 1.807) is 18.2 Å². The summed E-state index contributed by atoms with van der Waals surface area (Å²) >= 11 is 11.9. The van der Waals surface area contributed by atoms with Gasteiger partial charge in [0.1, 0.15) is 0 Å². The third-order valence-electron chi connectivity index (χ3n) is 4.62. The van der Waals surface area contributed by atoms with Crippen LogP contribution in [-0.4, -0.2) is 37.0 Å². The Balaban J connectivity index is 0.00000243. The Bertz CT molecular complexity index is 742. The van der Waals surface area contributed by atoms with E-state index in [9.17, 15) is 4.79 Å². The summed E-state index contributed by atoms with van der Waals surface area (Å²) in [6.07, 6.45) is 0. The van der Waals surface area contributed by atoms with E-state index in [1.807, 2.05) is 18.2 Å². The minimum Gasteiger partial charge on any atom is -0.330 e. The molecule has 1 saturated heterocycles. The van der Waals surface area contributed by atoms with E-state index in [0.717, 1.165) is 13.1 Å². The van der Waals surface area contributed by atoms with Gasteiger partial charge in [0.25, 0.3) is 0 Å². The summed E-state index contributed by atoms with van der Waals surface area (Å²) in [7, 11) is 0. The van der Waals surface area contributed by atoms with Crippen molar-refractivity contribution in [3.63, 3.8) is 0 Å². The quantitative estimate of drug-likeness (QED) is 0.776. The number of hydrogen-bond acceptors (Lipinski definition) is 3. The summed E-state index contributed by atoms with van der Waals surface area (Å²) in [6, 6.07) is 15.4. The molecule has 0 bridgehead atoms. The summed E-state index contributed by atoms with van der Waals surface area (Å²) in [5.74, 6) is 0.659. The van der Waals surface area contributed by atoms with Crippen molar-refractivity contribution in [2.75, 3.05) is 31.5 Å². The van der Waals surface area contributed by atoms with E-state index in [0.29, 0.717) is 40.7 Å². The van der Waals surface area contributed by atoms with Gasteiger partial charge in [-0.05, 0) is 36.2 Å². The number of carbonyl (C=O) groups excluding carboxylic acids is 1. The molecule has 4 nitrogen and oxygen atoms in total. The van der Waals surface area contributed by atoms with Crippen molar-refractivity contribution in [3.8, 4) is 0 Å². The Kier molecular flexibility index (Phi) is 7.74. The number of anilines is 1. The van der Waals surface area contributed by atoms with Gasteiger partial charge in [0, 0.05) is 24.7 Å². The molecule has 2 aromatic carbocycles. The van der Waals surface area contributed by atoms with E-state index >= 15 is 0 Å². The van der Waals surface area contributed by atoms with Gasteiger partial charge in [-0.1, -0.05) is 53.5 Å². The van der Waals surface area contributed by atoms with Gasteiger partial charge in [0.2, 0.25) is 5.91 Å². The highest BCUT2D eigenvalue weighted by atomic mass is 35.5. The Labute approximate surface area is 170 Å². The SMILES string of the molecule is Cl.NC[C@@H]1CN(CC(=O)Nc2ccc(Cl)c(Cl)c2)C[C@H]1c1ccccc1. The molecule has 0 unspecified atom stereocenters. The molecular formula is C19H22Cl3N3O. The number of halogens is 3. The van der Waals surface area contributed by atoms with Gasteiger partial charge in [-0.15, -0.1) is 12.4 Å². The fourth-order valence-corrected chi connectivity index (χ4v) is 3.68. The largest absolute Gasteiger partial charge is 0.330 e. The first kappa shape index (κ1) is 21.0. The standard InChI is InChI=1S/C19H21Cl2N3O.ClH/c20-17-7-6-15(8-18(17)21)23-19(25)12-24-10-14(9-22)16(11-24)13-4-2-1-3-5-13;/h1-8,14,16H,9-12,22H2,(H,23,25);1H/t14-,16+;/m1./s1. The molecule has 1 fully saturated rings. The number of carbonyl (C=O) groups is 1. The van der Waals surface area contributed by atoms with Crippen LogP contribution in [0.4, 0.5) is 5.69 Å². The normalized spacial score (nSPS) is 19.8.